The Morgan fingerprint density at radius 1 is 1.20 bits per heavy atom. The number of nitrogens with zero attached hydrogens (tertiary/aromatic N) is 4. The van der Waals surface area contributed by atoms with E-state index in [9.17, 15) is 4.79 Å². The maximum atomic E-state index is 13.5. The highest BCUT2D eigenvalue weighted by atomic mass is 35.5. The van der Waals surface area contributed by atoms with Crippen LogP contribution in [0, 0.1) is 17.3 Å². The molecule has 1 aliphatic heterocycles. The van der Waals surface area contributed by atoms with E-state index < -0.39 is 0 Å². The molecule has 41 heavy (non-hydrogen) atoms. The van der Waals surface area contributed by atoms with Crippen molar-refractivity contribution in [2.24, 2.45) is 22.2 Å². The number of fused-ring (bicyclic) bond motifs is 1. The number of nitrogens with one attached hydrogen (secondary N) is 2. The van der Waals surface area contributed by atoms with Gasteiger partial charge in [0.25, 0.3) is 5.56 Å². The maximum absolute atomic E-state index is 13.5. The van der Waals surface area contributed by atoms with Crippen LogP contribution in [0.15, 0.2) is 58.6 Å². The Morgan fingerprint density at radius 3 is 2.68 bits per heavy atom. The molecule has 2 aromatic carbocycles. The molecule has 2 heterocycles. The number of hydrogen-bond donors (Lipinski definition) is 2. The molecule has 8 heteroatoms. The number of aliphatic imine (C=N–C) groups is 1. The molecule has 1 aliphatic carbocycles. The van der Waals surface area contributed by atoms with E-state index in [1.807, 2.05) is 49.4 Å². The molecule has 2 fully saturated rings. The Kier molecular flexibility index (Phi) is 8.76. The number of guanidine groups is 1. The zero-order valence-corrected chi connectivity index (χ0v) is 26.1. The van der Waals surface area contributed by atoms with E-state index in [1.165, 1.54) is 6.42 Å². The van der Waals surface area contributed by atoms with Crippen LogP contribution in [-0.4, -0.2) is 52.1 Å². The summed E-state index contributed by atoms with van der Waals surface area (Å²) >= 11 is 6.04. The lowest BCUT2D eigenvalue weighted by atomic mass is 9.63. The van der Waals surface area contributed by atoms with Crippen molar-refractivity contribution in [3.63, 3.8) is 0 Å². The van der Waals surface area contributed by atoms with Crippen LogP contribution in [0.5, 0.6) is 0 Å². The molecular weight excluding hydrogens is 532 g/mol. The highest BCUT2D eigenvalue weighted by Gasteiger charge is 2.39. The molecule has 1 saturated heterocycles. The topological polar surface area (TPSA) is 74.5 Å². The van der Waals surface area contributed by atoms with Crippen molar-refractivity contribution in [3.8, 4) is 0 Å². The number of aromatic nitrogens is 2. The van der Waals surface area contributed by atoms with Gasteiger partial charge in [-0.15, -0.1) is 0 Å². The number of rotatable bonds is 5. The normalized spacial score (nSPS) is 25.7. The van der Waals surface area contributed by atoms with E-state index in [-0.39, 0.29) is 17.6 Å². The van der Waals surface area contributed by atoms with Crippen LogP contribution in [0.2, 0.25) is 5.02 Å². The van der Waals surface area contributed by atoms with Crippen molar-refractivity contribution in [1.29, 1.82) is 0 Å². The molecule has 2 aliphatic rings. The van der Waals surface area contributed by atoms with Gasteiger partial charge in [-0.3, -0.25) is 9.36 Å². The van der Waals surface area contributed by atoms with Crippen LogP contribution < -0.4 is 16.2 Å². The summed E-state index contributed by atoms with van der Waals surface area (Å²) < 4.78 is 1.73. The number of benzene rings is 2. The minimum atomic E-state index is -0.0309. The fourth-order valence-electron chi connectivity index (χ4n) is 6.43. The molecule has 220 valence electrons. The Hall–Kier alpha value is -2.90. The standard InChI is InChI=1S/C33H45ClN6O/c1-21-19-39(16-15-35-21)32(38-29-13-14-33(5,6)24(4)23(29)3)37-27-11-12-28-30(18-27)36-20-40(31(28)41)22(2)17-25-7-9-26(34)10-8-25/h7-12,18,20-24,29,35H,13-17,19H2,1-6H3,(H,37,38)/t21-,22+,23-,24-,29?/m0/s1. The van der Waals surface area contributed by atoms with Crippen LogP contribution >= 0.6 is 11.6 Å². The van der Waals surface area contributed by atoms with Crippen molar-refractivity contribution < 1.29 is 0 Å². The predicted octanol–water partition coefficient (Wildman–Crippen LogP) is 6.38. The van der Waals surface area contributed by atoms with Crippen molar-refractivity contribution in [2.75, 3.05) is 25.0 Å². The third-order valence-electron chi connectivity index (χ3n) is 9.63. The van der Waals surface area contributed by atoms with Gasteiger partial charge in [-0.2, -0.15) is 0 Å². The third kappa shape index (κ3) is 6.62. The molecule has 1 aromatic heterocycles. The fraction of sp³-hybridized carbons (Fsp3) is 0.545. The molecule has 3 aromatic rings. The summed E-state index contributed by atoms with van der Waals surface area (Å²) in [5.41, 5.74) is 3.03. The summed E-state index contributed by atoms with van der Waals surface area (Å²) in [7, 11) is 0. The summed E-state index contributed by atoms with van der Waals surface area (Å²) in [5.74, 6) is 2.02. The van der Waals surface area contributed by atoms with Gasteiger partial charge in [0.05, 0.1) is 23.3 Å². The van der Waals surface area contributed by atoms with Gasteiger partial charge < -0.3 is 15.5 Å². The van der Waals surface area contributed by atoms with Crippen LogP contribution in [-0.2, 0) is 6.42 Å². The zero-order chi connectivity index (χ0) is 29.3. The first-order valence-electron chi connectivity index (χ1n) is 15.1. The molecule has 1 unspecified atom stereocenters. The lowest BCUT2D eigenvalue weighted by Gasteiger charge is -2.44. The highest BCUT2D eigenvalue weighted by molar-refractivity contribution is 6.30. The zero-order valence-electron chi connectivity index (χ0n) is 25.3. The van der Waals surface area contributed by atoms with Gasteiger partial charge in [-0.25, -0.2) is 9.98 Å². The first-order chi connectivity index (χ1) is 19.5. The van der Waals surface area contributed by atoms with Gasteiger partial charge in [0.1, 0.15) is 0 Å². The summed E-state index contributed by atoms with van der Waals surface area (Å²) in [5, 5.41) is 8.52. The SMILES string of the molecule is C[C@@H]1C(N=C(Nc2ccc3c(=O)n([C@H](C)Cc4ccc(Cl)cc4)cnc3c2)N2CCN[C@@H](C)C2)CCC(C)(C)[C@H]1C. The van der Waals surface area contributed by atoms with Gasteiger partial charge in [-0.1, -0.05) is 51.4 Å². The van der Waals surface area contributed by atoms with Crippen molar-refractivity contribution in [1.82, 2.24) is 19.8 Å². The first kappa shape index (κ1) is 29.6. The molecule has 5 rings (SSSR count). The minimum Gasteiger partial charge on any atom is -0.340 e. The monoisotopic (exact) mass is 576 g/mol. The molecule has 0 bridgehead atoms. The largest absolute Gasteiger partial charge is 0.340 e. The number of hydrogen-bond acceptors (Lipinski definition) is 4. The molecule has 0 spiro atoms. The van der Waals surface area contributed by atoms with E-state index in [0.29, 0.717) is 39.2 Å². The molecule has 5 atom stereocenters. The average Bonchev–Trinajstić information content (AvgIpc) is 2.94. The molecule has 0 amide bonds. The first-order valence-corrected chi connectivity index (χ1v) is 15.5. The van der Waals surface area contributed by atoms with E-state index in [2.05, 4.69) is 50.2 Å². The second-order valence-corrected chi connectivity index (χ2v) is 13.4. The second-order valence-electron chi connectivity index (χ2n) is 13.0. The molecular formula is C33H45ClN6O. The maximum Gasteiger partial charge on any atom is 0.261 e. The lowest BCUT2D eigenvalue weighted by Crippen LogP contribution is -2.53. The molecule has 2 N–H and O–H groups in total. The molecule has 7 nitrogen and oxygen atoms in total. The Labute approximate surface area is 249 Å². The Bertz CT molecular complexity index is 1450. The fourth-order valence-corrected chi connectivity index (χ4v) is 6.55. The van der Waals surface area contributed by atoms with Crippen LogP contribution in [0.4, 0.5) is 5.69 Å². The van der Waals surface area contributed by atoms with Crippen molar-refractivity contribution in [3.05, 3.63) is 69.7 Å². The van der Waals surface area contributed by atoms with Crippen LogP contribution in [0.1, 0.15) is 66.0 Å². The summed E-state index contributed by atoms with van der Waals surface area (Å²) in [6.07, 6.45) is 4.68. The summed E-state index contributed by atoms with van der Waals surface area (Å²) in [6.45, 7) is 16.5. The van der Waals surface area contributed by atoms with Gasteiger partial charge in [0.15, 0.2) is 5.96 Å². The molecule has 0 radical (unpaired) electrons. The van der Waals surface area contributed by atoms with E-state index in [0.717, 1.165) is 49.7 Å². The second kappa shape index (κ2) is 12.1. The minimum absolute atomic E-state index is 0.0273. The van der Waals surface area contributed by atoms with Gasteiger partial charge in [0.2, 0.25) is 0 Å². The van der Waals surface area contributed by atoms with E-state index >= 15 is 0 Å². The lowest BCUT2D eigenvalue weighted by molar-refractivity contribution is 0.0828. The predicted molar refractivity (Wildman–Crippen MR) is 171 cm³/mol. The number of halogens is 1. The van der Waals surface area contributed by atoms with E-state index in [4.69, 9.17) is 21.6 Å². The van der Waals surface area contributed by atoms with Crippen molar-refractivity contribution in [2.45, 2.75) is 78.9 Å². The highest BCUT2D eigenvalue weighted by Crippen LogP contribution is 2.44. The van der Waals surface area contributed by atoms with E-state index in [1.54, 1.807) is 10.9 Å². The van der Waals surface area contributed by atoms with Gasteiger partial charge in [-0.05, 0) is 86.3 Å². The summed E-state index contributed by atoms with van der Waals surface area (Å²) in [4.78, 5) is 25.9. The van der Waals surface area contributed by atoms with Crippen LogP contribution in [0.25, 0.3) is 10.9 Å². The number of piperazine rings is 1. The van der Waals surface area contributed by atoms with Gasteiger partial charge >= 0.3 is 0 Å². The third-order valence-corrected chi connectivity index (χ3v) is 9.88. The number of anilines is 1. The smallest absolute Gasteiger partial charge is 0.261 e. The van der Waals surface area contributed by atoms with Gasteiger partial charge in [0, 0.05) is 42.4 Å². The summed E-state index contributed by atoms with van der Waals surface area (Å²) in [6, 6.07) is 14.3. The van der Waals surface area contributed by atoms with Crippen molar-refractivity contribution >= 4 is 34.2 Å². The quantitative estimate of drug-likeness (QED) is 0.272. The average molecular weight is 577 g/mol. The Balaban J connectivity index is 1.40. The Morgan fingerprint density at radius 2 is 1.95 bits per heavy atom. The van der Waals surface area contributed by atoms with Crippen LogP contribution in [0.3, 0.4) is 0 Å². The molecule has 1 saturated carbocycles.